The van der Waals surface area contributed by atoms with Crippen molar-refractivity contribution in [3.8, 4) is 0 Å². The lowest BCUT2D eigenvalue weighted by Gasteiger charge is -2.22. The fourth-order valence-electron chi connectivity index (χ4n) is 1.19. The van der Waals surface area contributed by atoms with Crippen molar-refractivity contribution in [3.63, 3.8) is 0 Å². The van der Waals surface area contributed by atoms with E-state index in [4.69, 9.17) is 14.5 Å². The van der Waals surface area contributed by atoms with E-state index in [0.717, 1.165) is 0 Å². The molecule has 0 fully saturated rings. The monoisotopic (exact) mass is 266 g/mol. The van der Waals surface area contributed by atoms with E-state index in [1.165, 1.54) is 6.92 Å². The van der Waals surface area contributed by atoms with Gasteiger partial charge < -0.3 is 4.74 Å². The Labute approximate surface area is 112 Å². The fourth-order valence-corrected chi connectivity index (χ4v) is 1.19. The summed E-state index contributed by atoms with van der Waals surface area (Å²) in [6.45, 7) is 6.46. The van der Waals surface area contributed by atoms with Crippen molar-refractivity contribution < 1.29 is 24.1 Å². The van der Waals surface area contributed by atoms with Crippen LogP contribution in [0.4, 0.5) is 0 Å². The topological polar surface area (TPSA) is 61.8 Å². The second-order valence-corrected chi connectivity index (χ2v) is 4.96. The molecule has 0 saturated heterocycles. The van der Waals surface area contributed by atoms with Crippen LogP contribution in [-0.4, -0.2) is 23.6 Å². The maximum atomic E-state index is 12.1. The first kappa shape index (κ1) is 15.3. The van der Waals surface area contributed by atoms with Gasteiger partial charge in [0.25, 0.3) is 6.29 Å². The van der Waals surface area contributed by atoms with Crippen LogP contribution in [0.2, 0.25) is 0 Å². The Bertz CT molecular complexity index is 433. The van der Waals surface area contributed by atoms with Crippen molar-refractivity contribution in [2.45, 2.75) is 39.6 Å². The van der Waals surface area contributed by atoms with Gasteiger partial charge in [0.05, 0.1) is 5.60 Å². The minimum absolute atomic E-state index is 0.381. The Morgan fingerprint density at radius 1 is 1.11 bits per heavy atom. The minimum Gasteiger partial charge on any atom is -0.425 e. The number of ether oxygens (including phenoxy) is 1. The average Bonchev–Trinajstić information content (AvgIpc) is 2.33. The van der Waals surface area contributed by atoms with Crippen LogP contribution in [0.3, 0.4) is 0 Å². The Balaban J connectivity index is 2.79. The fraction of sp³-hybridized carbons (Fsp3) is 0.429. The molecule has 0 aliphatic carbocycles. The van der Waals surface area contributed by atoms with Crippen molar-refractivity contribution in [1.82, 2.24) is 0 Å². The van der Waals surface area contributed by atoms with Gasteiger partial charge in [-0.25, -0.2) is 4.89 Å². The zero-order valence-corrected chi connectivity index (χ0v) is 11.5. The molecule has 0 heterocycles. The lowest BCUT2D eigenvalue weighted by atomic mass is 10.1. The highest BCUT2D eigenvalue weighted by Crippen LogP contribution is 2.13. The van der Waals surface area contributed by atoms with Gasteiger partial charge in [-0.15, -0.1) is 0 Å². The Hall–Kier alpha value is -1.72. The zero-order valence-electron chi connectivity index (χ0n) is 11.5. The predicted octanol–water partition coefficient (Wildman–Crippen LogP) is 2.51. The standard InChI is InChI=1S/C14H18O5/c1-10(15)17-13(18-19-14(2,3)4)12(16)11-8-6-5-7-9-11/h5-9,13H,1-4H3. The first-order valence-corrected chi connectivity index (χ1v) is 5.90. The molecular weight excluding hydrogens is 248 g/mol. The van der Waals surface area contributed by atoms with Crippen LogP contribution in [0, 0.1) is 0 Å². The largest absolute Gasteiger partial charge is 0.425 e. The van der Waals surface area contributed by atoms with Gasteiger partial charge >= 0.3 is 5.97 Å². The zero-order chi connectivity index (χ0) is 14.5. The summed E-state index contributed by atoms with van der Waals surface area (Å²) in [6, 6.07) is 8.42. The van der Waals surface area contributed by atoms with Crippen molar-refractivity contribution in [2.75, 3.05) is 0 Å². The van der Waals surface area contributed by atoms with Crippen molar-refractivity contribution >= 4 is 11.8 Å². The van der Waals surface area contributed by atoms with Crippen molar-refractivity contribution in [1.29, 1.82) is 0 Å². The quantitative estimate of drug-likeness (QED) is 0.269. The SMILES string of the molecule is CC(=O)OC(OOC(C)(C)C)C(=O)c1ccccc1. The highest BCUT2D eigenvalue weighted by atomic mass is 17.2. The molecule has 1 unspecified atom stereocenters. The number of carbonyl (C=O) groups is 2. The third kappa shape index (κ3) is 5.63. The molecule has 0 bridgehead atoms. The smallest absolute Gasteiger partial charge is 0.305 e. The Morgan fingerprint density at radius 2 is 1.68 bits per heavy atom. The van der Waals surface area contributed by atoms with E-state index in [0.29, 0.717) is 5.56 Å². The number of benzene rings is 1. The molecule has 104 valence electrons. The molecule has 1 aromatic carbocycles. The van der Waals surface area contributed by atoms with Gasteiger partial charge in [0.15, 0.2) is 0 Å². The summed E-state index contributed by atoms with van der Waals surface area (Å²) >= 11 is 0. The molecule has 0 radical (unpaired) electrons. The molecule has 1 atom stereocenters. The highest BCUT2D eigenvalue weighted by molar-refractivity contribution is 5.99. The summed E-state index contributed by atoms with van der Waals surface area (Å²) in [6.07, 6.45) is -1.40. The van der Waals surface area contributed by atoms with E-state index in [1.54, 1.807) is 51.1 Å². The molecule has 0 amide bonds. The second kappa shape index (κ2) is 6.45. The van der Waals surface area contributed by atoms with Crippen molar-refractivity contribution in [3.05, 3.63) is 35.9 Å². The lowest BCUT2D eigenvalue weighted by molar-refractivity contribution is -0.395. The third-order valence-electron chi connectivity index (χ3n) is 1.93. The van der Waals surface area contributed by atoms with Gasteiger partial charge in [0.1, 0.15) is 0 Å². The molecule has 0 aliphatic rings. The molecule has 0 aliphatic heterocycles. The molecule has 0 aromatic heterocycles. The number of esters is 1. The summed E-state index contributed by atoms with van der Waals surface area (Å²) in [7, 11) is 0. The van der Waals surface area contributed by atoms with Gasteiger partial charge in [-0.3, -0.25) is 9.59 Å². The van der Waals surface area contributed by atoms with Crippen LogP contribution in [0.15, 0.2) is 30.3 Å². The summed E-state index contributed by atoms with van der Waals surface area (Å²) in [5.41, 5.74) is -0.235. The molecule has 1 rings (SSSR count). The van der Waals surface area contributed by atoms with Crippen LogP contribution in [-0.2, 0) is 19.3 Å². The summed E-state index contributed by atoms with van der Waals surface area (Å²) in [5.74, 6) is -1.09. The van der Waals surface area contributed by atoms with Gasteiger partial charge in [0, 0.05) is 12.5 Å². The first-order valence-electron chi connectivity index (χ1n) is 5.90. The molecule has 5 heteroatoms. The number of hydrogen-bond acceptors (Lipinski definition) is 5. The maximum absolute atomic E-state index is 12.1. The molecule has 0 spiro atoms. The molecular formula is C14H18O5. The van der Waals surface area contributed by atoms with E-state index in [2.05, 4.69) is 0 Å². The van der Waals surface area contributed by atoms with Crippen LogP contribution < -0.4 is 0 Å². The molecule has 19 heavy (non-hydrogen) atoms. The maximum Gasteiger partial charge on any atom is 0.305 e. The molecule has 5 nitrogen and oxygen atoms in total. The first-order chi connectivity index (χ1) is 8.79. The van der Waals surface area contributed by atoms with E-state index >= 15 is 0 Å². The van der Waals surface area contributed by atoms with Crippen molar-refractivity contribution in [2.24, 2.45) is 0 Å². The van der Waals surface area contributed by atoms with E-state index < -0.39 is 23.6 Å². The highest BCUT2D eigenvalue weighted by Gasteiger charge is 2.27. The normalized spacial score (nSPS) is 12.8. The molecule has 0 N–H and O–H groups in total. The third-order valence-corrected chi connectivity index (χ3v) is 1.93. The summed E-state index contributed by atoms with van der Waals surface area (Å²) in [4.78, 5) is 33.1. The lowest BCUT2D eigenvalue weighted by Crippen LogP contribution is -2.33. The minimum atomic E-state index is -1.40. The average molecular weight is 266 g/mol. The van der Waals surface area contributed by atoms with Crippen LogP contribution >= 0.6 is 0 Å². The second-order valence-electron chi connectivity index (χ2n) is 4.96. The van der Waals surface area contributed by atoms with Crippen LogP contribution in [0.1, 0.15) is 38.1 Å². The number of ketones is 1. The summed E-state index contributed by atoms with van der Waals surface area (Å²) < 4.78 is 4.83. The number of rotatable bonds is 5. The van der Waals surface area contributed by atoms with Gasteiger partial charge in [-0.2, -0.15) is 4.89 Å². The predicted molar refractivity (Wildman–Crippen MR) is 68.2 cm³/mol. The van der Waals surface area contributed by atoms with Crippen LogP contribution in [0.5, 0.6) is 0 Å². The van der Waals surface area contributed by atoms with E-state index in [-0.39, 0.29) is 0 Å². The molecule has 1 aromatic rings. The van der Waals surface area contributed by atoms with Gasteiger partial charge in [-0.1, -0.05) is 30.3 Å². The Kier molecular flexibility index (Phi) is 5.20. The summed E-state index contributed by atoms with van der Waals surface area (Å²) in [5, 5.41) is 0. The van der Waals surface area contributed by atoms with E-state index in [1.807, 2.05) is 0 Å². The van der Waals surface area contributed by atoms with Gasteiger partial charge in [-0.05, 0) is 20.8 Å². The van der Waals surface area contributed by atoms with Crippen LogP contribution in [0.25, 0.3) is 0 Å². The van der Waals surface area contributed by atoms with Gasteiger partial charge in [0.2, 0.25) is 5.78 Å². The number of Topliss-reactive ketones (excluding diaryl/α,β-unsaturated/α-hetero) is 1. The number of hydrogen-bond donors (Lipinski definition) is 0. The Morgan fingerprint density at radius 3 is 2.16 bits per heavy atom. The molecule has 0 saturated carbocycles. The van der Waals surface area contributed by atoms with E-state index in [9.17, 15) is 9.59 Å². The number of carbonyl (C=O) groups excluding carboxylic acids is 2.